The molecule has 2 rings (SSSR count). The number of fused-ring (bicyclic) bond motifs is 1. The van der Waals surface area contributed by atoms with Gasteiger partial charge >= 0.3 is 12.1 Å². The van der Waals surface area contributed by atoms with Crippen LogP contribution in [-0.4, -0.2) is 17.0 Å². The maximum absolute atomic E-state index is 12.8. The largest absolute Gasteiger partial charge is 0.478 e. The molecule has 0 spiro atoms. The summed E-state index contributed by atoms with van der Waals surface area (Å²) in [6.45, 7) is 0. The van der Waals surface area contributed by atoms with Crippen molar-refractivity contribution in [3.63, 3.8) is 0 Å². The highest BCUT2D eigenvalue weighted by Gasteiger charge is 2.40. The average molecular weight is 245 g/mol. The van der Waals surface area contributed by atoms with Gasteiger partial charge in [0.15, 0.2) is 0 Å². The van der Waals surface area contributed by atoms with Crippen molar-refractivity contribution in [1.82, 2.24) is 0 Å². The Balaban J connectivity index is 2.72. The molecule has 1 aromatic carbocycles. The molecule has 1 amide bonds. The summed E-state index contributed by atoms with van der Waals surface area (Å²) in [4.78, 5) is 21.8. The minimum absolute atomic E-state index is 0.0207. The van der Waals surface area contributed by atoms with Crippen molar-refractivity contribution in [3.8, 4) is 0 Å². The summed E-state index contributed by atoms with van der Waals surface area (Å²) in [5.74, 6) is -2.24. The lowest BCUT2D eigenvalue weighted by molar-refractivity contribution is -0.138. The van der Waals surface area contributed by atoms with E-state index in [1.807, 2.05) is 0 Å². The average Bonchev–Trinajstić information content (AvgIpc) is 2.53. The van der Waals surface area contributed by atoms with E-state index in [9.17, 15) is 22.8 Å². The predicted molar refractivity (Wildman–Crippen MR) is 50.7 cm³/mol. The second-order valence-electron chi connectivity index (χ2n) is 3.54. The third-order valence-electron chi connectivity index (χ3n) is 2.44. The van der Waals surface area contributed by atoms with Crippen LogP contribution in [0.25, 0.3) is 0 Å². The Morgan fingerprint density at radius 3 is 2.53 bits per heavy atom. The van der Waals surface area contributed by atoms with E-state index in [2.05, 4.69) is 5.32 Å². The zero-order chi connectivity index (χ0) is 12.8. The normalized spacial score (nSPS) is 14.4. The Hall–Kier alpha value is -2.05. The SMILES string of the molecule is O=C1Cc2c(ccc(C(=O)O)c2C(F)(F)F)N1. The van der Waals surface area contributed by atoms with E-state index >= 15 is 0 Å². The number of alkyl halides is 3. The van der Waals surface area contributed by atoms with Crippen LogP contribution in [0, 0.1) is 0 Å². The van der Waals surface area contributed by atoms with Gasteiger partial charge in [-0.25, -0.2) is 4.79 Å². The molecule has 0 atom stereocenters. The molecule has 1 heterocycles. The zero-order valence-electron chi connectivity index (χ0n) is 8.26. The summed E-state index contributed by atoms with van der Waals surface area (Å²) in [7, 11) is 0. The molecule has 17 heavy (non-hydrogen) atoms. The topological polar surface area (TPSA) is 66.4 Å². The number of halogens is 3. The second kappa shape index (κ2) is 3.47. The first-order valence-corrected chi connectivity index (χ1v) is 4.57. The van der Waals surface area contributed by atoms with Crippen molar-refractivity contribution in [3.05, 3.63) is 28.8 Å². The molecule has 0 unspecified atom stereocenters. The lowest BCUT2D eigenvalue weighted by Crippen LogP contribution is -2.15. The molecule has 7 heteroatoms. The van der Waals surface area contributed by atoms with E-state index in [1.54, 1.807) is 0 Å². The first kappa shape index (κ1) is 11.4. The number of carboxylic acid groups (broad SMARTS) is 1. The van der Waals surface area contributed by atoms with Gasteiger partial charge in [-0.15, -0.1) is 0 Å². The summed E-state index contributed by atoms with van der Waals surface area (Å²) < 4.78 is 38.4. The second-order valence-corrected chi connectivity index (χ2v) is 3.54. The Morgan fingerprint density at radius 1 is 1.35 bits per heavy atom. The van der Waals surface area contributed by atoms with E-state index in [1.165, 1.54) is 6.07 Å². The number of benzene rings is 1. The highest BCUT2D eigenvalue weighted by atomic mass is 19.4. The van der Waals surface area contributed by atoms with Gasteiger partial charge in [0.2, 0.25) is 5.91 Å². The molecular weight excluding hydrogens is 239 g/mol. The van der Waals surface area contributed by atoms with Crippen molar-refractivity contribution < 1.29 is 27.9 Å². The quantitative estimate of drug-likeness (QED) is 0.794. The van der Waals surface area contributed by atoms with Crippen LogP contribution in [0.2, 0.25) is 0 Å². The fraction of sp³-hybridized carbons (Fsp3) is 0.200. The molecule has 4 nitrogen and oxygen atoms in total. The Kier molecular flexibility index (Phi) is 2.34. The van der Waals surface area contributed by atoms with Crippen LogP contribution in [0.4, 0.5) is 18.9 Å². The molecule has 0 saturated carbocycles. The van der Waals surface area contributed by atoms with Crippen LogP contribution in [0.3, 0.4) is 0 Å². The summed E-state index contributed by atoms with van der Waals surface area (Å²) in [5.41, 5.74) is -2.37. The molecular formula is C10H6F3NO3. The van der Waals surface area contributed by atoms with Crippen LogP contribution < -0.4 is 5.32 Å². The molecule has 1 aromatic rings. The summed E-state index contributed by atoms with van der Waals surface area (Å²) in [5, 5.41) is 11.0. The van der Waals surface area contributed by atoms with Crippen LogP contribution in [0.5, 0.6) is 0 Å². The summed E-state index contributed by atoms with van der Waals surface area (Å²) in [6, 6.07) is 2.01. The molecule has 2 N–H and O–H groups in total. The third-order valence-corrected chi connectivity index (χ3v) is 2.44. The highest BCUT2D eigenvalue weighted by Crippen LogP contribution is 2.40. The number of aromatic carboxylic acids is 1. The van der Waals surface area contributed by atoms with Gasteiger partial charge in [0.25, 0.3) is 0 Å². The van der Waals surface area contributed by atoms with Gasteiger partial charge in [0.05, 0.1) is 17.5 Å². The molecule has 0 saturated heterocycles. The first-order chi connectivity index (χ1) is 7.80. The monoisotopic (exact) mass is 245 g/mol. The van der Waals surface area contributed by atoms with E-state index < -0.39 is 35.6 Å². The smallest absolute Gasteiger partial charge is 0.417 e. The number of hydrogen-bond acceptors (Lipinski definition) is 2. The fourth-order valence-electron chi connectivity index (χ4n) is 1.81. The molecule has 0 aliphatic carbocycles. The predicted octanol–water partition coefficient (Wildman–Crippen LogP) is 1.90. The van der Waals surface area contributed by atoms with Crippen LogP contribution in [-0.2, 0) is 17.4 Å². The number of hydrogen-bond donors (Lipinski definition) is 2. The van der Waals surface area contributed by atoms with Gasteiger partial charge in [-0.3, -0.25) is 4.79 Å². The van der Waals surface area contributed by atoms with Gasteiger partial charge in [0, 0.05) is 5.69 Å². The summed E-state index contributed by atoms with van der Waals surface area (Å²) >= 11 is 0. The number of amides is 1. The van der Waals surface area contributed by atoms with Gasteiger partial charge in [-0.1, -0.05) is 0 Å². The van der Waals surface area contributed by atoms with Crippen LogP contribution in [0.15, 0.2) is 12.1 Å². The molecule has 0 fully saturated rings. The Bertz CT molecular complexity index is 522. The number of nitrogens with one attached hydrogen (secondary N) is 1. The van der Waals surface area contributed by atoms with Gasteiger partial charge in [-0.05, 0) is 17.7 Å². The van der Waals surface area contributed by atoms with Gasteiger partial charge in [-0.2, -0.15) is 13.2 Å². The van der Waals surface area contributed by atoms with Gasteiger partial charge < -0.3 is 10.4 Å². The lowest BCUT2D eigenvalue weighted by atomic mass is 9.98. The molecule has 90 valence electrons. The zero-order valence-corrected chi connectivity index (χ0v) is 8.26. The Labute approximate surface area is 93.0 Å². The number of carbonyl (C=O) groups excluding carboxylic acids is 1. The van der Waals surface area contributed by atoms with E-state index in [0.717, 1.165) is 6.07 Å². The van der Waals surface area contributed by atoms with Crippen molar-refractivity contribution in [2.75, 3.05) is 5.32 Å². The van der Waals surface area contributed by atoms with E-state index in [0.29, 0.717) is 0 Å². The van der Waals surface area contributed by atoms with E-state index in [-0.39, 0.29) is 11.3 Å². The van der Waals surface area contributed by atoms with Crippen LogP contribution >= 0.6 is 0 Å². The maximum Gasteiger partial charge on any atom is 0.417 e. The van der Waals surface area contributed by atoms with Crippen LogP contribution in [0.1, 0.15) is 21.5 Å². The van der Waals surface area contributed by atoms with Crippen molar-refractivity contribution in [1.29, 1.82) is 0 Å². The summed E-state index contributed by atoms with van der Waals surface area (Å²) in [6.07, 6.45) is -5.25. The van der Waals surface area contributed by atoms with E-state index in [4.69, 9.17) is 5.11 Å². The number of anilines is 1. The maximum atomic E-state index is 12.8. The highest BCUT2D eigenvalue weighted by molar-refractivity contribution is 6.02. The number of carbonyl (C=O) groups is 2. The van der Waals surface area contributed by atoms with Crippen molar-refractivity contribution >= 4 is 17.6 Å². The first-order valence-electron chi connectivity index (χ1n) is 4.57. The van der Waals surface area contributed by atoms with Crippen molar-refractivity contribution in [2.24, 2.45) is 0 Å². The number of carboxylic acids is 1. The molecule has 1 aliphatic heterocycles. The lowest BCUT2D eigenvalue weighted by Gasteiger charge is -2.13. The molecule has 1 aliphatic rings. The van der Waals surface area contributed by atoms with Crippen molar-refractivity contribution in [2.45, 2.75) is 12.6 Å². The third kappa shape index (κ3) is 1.83. The standard InChI is InChI=1S/C10H6F3NO3/c11-10(12,13)8-4(9(16)17)1-2-6-5(8)3-7(15)14-6/h1-2H,3H2,(H,14,15)(H,16,17). The minimum Gasteiger partial charge on any atom is -0.478 e. The fourth-order valence-corrected chi connectivity index (χ4v) is 1.81. The Morgan fingerprint density at radius 2 is 2.00 bits per heavy atom. The number of rotatable bonds is 1. The minimum atomic E-state index is -4.80. The van der Waals surface area contributed by atoms with Gasteiger partial charge in [0.1, 0.15) is 0 Å². The molecule has 0 aromatic heterocycles. The molecule has 0 radical (unpaired) electrons. The molecule has 0 bridgehead atoms.